The predicted octanol–water partition coefficient (Wildman–Crippen LogP) is 3.22. The molecule has 4 nitrogen and oxygen atoms in total. The third-order valence-electron chi connectivity index (χ3n) is 2.42. The maximum atomic E-state index is 12.0. The van der Waals surface area contributed by atoms with Crippen molar-refractivity contribution in [2.75, 3.05) is 5.32 Å². The van der Waals surface area contributed by atoms with E-state index in [1.165, 1.54) is 29.6 Å². The van der Waals surface area contributed by atoms with Crippen molar-refractivity contribution >= 4 is 39.5 Å². The molecule has 0 radical (unpaired) electrons. The van der Waals surface area contributed by atoms with Crippen LogP contribution in [0.25, 0.3) is 0 Å². The van der Waals surface area contributed by atoms with Gasteiger partial charge in [-0.3, -0.25) is 14.9 Å². The second-order valence-corrected chi connectivity index (χ2v) is 5.45. The Hall–Kier alpha value is -1.53. The summed E-state index contributed by atoms with van der Waals surface area (Å²) in [6.45, 7) is 3.46. The van der Waals surface area contributed by atoms with E-state index in [0.717, 1.165) is 12.0 Å². The van der Waals surface area contributed by atoms with Crippen molar-refractivity contribution in [3.05, 3.63) is 33.0 Å². The molecule has 2 aromatic heterocycles. The molecule has 0 aliphatic rings. The fourth-order valence-electron chi connectivity index (χ4n) is 1.46. The summed E-state index contributed by atoms with van der Waals surface area (Å²) in [6, 6.07) is 1.95. The average Bonchev–Trinajstić information content (AvgIpc) is 2.96. The van der Waals surface area contributed by atoms with Crippen LogP contribution in [0, 0.1) is 0 Å². The number of hydrogen-bond acceptors (Lipinski definition) is 5. The number of hydrogen-bond donors (Lipinski definition) is 1. The molecule has 2 heterocycles. The van der Waals surface area contributed by atoms with Crippen LogP contribution in [0.1, 0.15) is 39.6 Å². The Labute approximate surface area is 113 Å². The lowest BCUT2D eigenvalue weighted by atomic mass is 10.2. The third-order valence-corrected chi connectivity index (χ3v) is 4.13. The molecule has 18 heavy (non-hydrogen) atoms. The van der Waals surface area contributed by atoms with Crippen molar-refractivity contribution in [1.29, 1.82) is 0 Å². The number of anilines is 1. The van der Waals surface area contributed by atoms with Gasteiger partial charge in [0, 0.05) is 12.3 Å². The topological polar surface area (TPSA) is 59.1 Å². The zero-order chi connectivity index (χ0) is 13.1. The molecular formula is C12H12N2O2S2. The molecule has 1 N–H and O–H groups in total. The lowest BCUT2D eigenvalue weighted by Crippen LogP contribution is -2.12. The Bertz CT molecular complexity index is 586. The van der Waals surface area contributed by atoms with Crippen molar-refractivity contribution in [2.24, 2.45) is 0 Å². The molecule has 0 fully saturated rings. The monoisotopic (exact) mass is 280 g/mol. The maximum absolute atomic E-state index is 12.0. The van der Waals surface area contributed by atoms with Crippen LogP contribution < -0.4 is 5.32 Å². The molecule has 0 atom stereocenters. The maximum Gasteiger partial charge on any atom is 0.267 e. The van der Waals surface area contributed by atoms with Crippen molar-refractivity contribution < 1.29 is 9.59 Å². The van der Waals surface area contributed by atoms with E-state index in [4.69, 9.17) is 0 Å². The minimum atomic E-state index is -0.161. The van der Waals surface area contributed by atoms with Gasteiger partial charge in [0.05, 0.1) is 4.88 Å². The van der Waals surface area contributed by atoms with Crippen LogP contribution in [0.4, 0.5) is 5.13 Å². The van der Waals surface area contributed by atoms with Gasteiger partial charge in [-0.25, -0.2) is 4.98 Å². The zero-order valence-corrected chi connectivity index (χ0v) is 11.7. The molecule has 0 spiro atoms. The Morgan fingerprint density at radius 1 is 1.39 bits per heavy atom. The number of carbonyl (C=O) groups is 2. The quantitative estimate of drug-likeness (QED) is 0.875. The minimum Gasteiger partial charge on any atom is -0.297 e. The van der Waals surface area contributed by atoms with E-state index < -0.39 is 0 Å². The first-order valence-electron chi connectivity index (χ1n) is 5.46. The Morgan fingerprint density at radius 2 is 2.17 bits per heavy atom. The number of amides is 1. The number of aryl methyl sites for hydroxylation is 1. The van der Waals surface area contributed by atoms with E-state index in [9.17, 15) is 9.59 Å². The Morgan fingerprint density at radius 3 is 2.78 bits per heavy atom. The fourth-order valence-corrected chi connectivity index (χ4v) is 3.09. The van der Waals surface area contributed by atoms with Crippen LogP contribution in [0.5, 0.6) is 0 Å². The second-order valence-electron chi connectivity index (χ2n) is 3.68. The molecule has 0 aliphatic heterocycles. The first-order chi connectivity index (χ1) is 8.61. The number of Topliss-reactive ketones (excluding diaryl/α,β-unsaturated/α-hetero) is 1. The Balaban J connectivity index is 2.13. The first kappa shape index (κ1) is 12.9. The van der Waals surface area contributed by atoms with Gasteiger partial charge in [0.15, 0.2) is 10.9 Å². The van der Waals surface area contributed by atoms with Crippen LogP contribution >= 0.6 is 22.7 Å². The van der Waals surface area contributed by atoms with E-state index in [-0.39, 0.29) is 11.7 Å². The molecule has 1 amide bonds. The van der Waals surface area contributed by atoms with Crippen LogP contribution in [0.2, 0.25) is 0 Å². The molecule has 2 rings (SSSR count). The number of thiazole rings is 1. The highest BCUT2D eigenvalue weighted by molar-refractivity contribution is 7.14. The minimum absolute atomic E-state index is 0.0999. The van der Waals surface area contributed by atoms with Crippen LogP contribution in [-0.4, -0.2) is 16.7 Å². The molecule has 0 unspecified atom stereocenters. The van der Waals surface area contributed by atoms with Crippen molar-refractivity contribution in [3.8, 4) is 0 Å². The fraction of sp³-hybridized carbons (Fsp3) is 0.250. The summed E-state index contributed by atoms with van der Waals surface area (Å²) in [4.78, 5) is 27.9. The number of nitrogens with one attached hydrogen (secondary N) is 1. The summed E-state index contributed by atoms with van der Waals surface area (Å²) in [5.41, 5.74) is 1.41. The molecular weight excluding hydrogens is 268 g/mol. The van der Waals surface area contributed by atoms with Crippen LogP contribution in [0.3, 0.4) is 0 Å². The van der Waals surface area contributed by atoms with Crippen molar-refractivity contribution in [1.82, 2.24) is 4.98 Å². The zero-order valence-electron chi connectivity index (χ0n) is 10.0. The molecule has 0 saturated heterocycles. The van der Waals surface area contributed by atoms with Gasteiger partial charge in [0.1, 0.15) is 5.69 Å². The molecule has 0 aliphatic carbocycles. The number of carbonyl (C=O) groups excluding carboxylic acids is 2. The van der Waals surface area contributed by atoms with Gasteiger partial charge in [0.25, 0.3) is 5.91 Å². The predicted molar refractivity (Wildman–Crippen MR) is 73.8 cm³/mol. The highest BCUT2D eigenvalue weighted by Gasteiger charge is 2.14. The molecule has 6 heteroatoms. The van der Waals surface area contributed by atoms with E-state index in [1.54, 1.807) is 5.38 Å². The normalized spacial score (nSPS) is 10.3. The number of ketones is 1. The Kier molecular flexibility index (Phi) is 3.88. The van der Waals surface area contributed by atoms with Crippen LogP contribution in [-0.2, 0) is 6.42 Å². The van der Waals surface area contributed by atoms with E-state index in [2.05, 4.69) is 10.3 Å². The summed E-state index contributed by atoms with van der Waals surface area (Å²) in [6.07, 6.45) is 0.822. The summed E-state index contributed by atoms with van der Waals surface area (Å²) in [5.74, 6) is -0.261. The molecule has 94 valence electrons. The summed E-state index contributed by atoms with van der Waals surface area (Å²) >= 11 is 2.67. The second kappa shape index (κ2) is 5.41. The third kappa shape index (κ3) is 2.65. The first-order valence-corrected chi connectivity index (χ1v) is 7.22. The van der Waals surface area contributed by atoms with E-state index in [1.807, 2.05) is 18.4 Å². The van der Waals surface area contributed by atoms with E-state index in [0.29, 0.717) is 15.7 Å². The highest BCUT2D eigenvalue weighted by Crippen LogP contribution is 2.21. The molecule has 0 aromatic carbocycles. The number of rotatable bonds is 4. The lowest BCUT2D eigenvalue weighted by molar-refractivity contribution is 0.100. The van der Waals surface area contributed by atoms with Crippen molar-refractivity contribution in [3.63, 3.8) is 0 Å². The standard InChI is InChI=1S/C12H12N2O2S2/c1-3-8-4-5-17-10(8)11(16)14-12-13-9(6-18-12)7(2)15/h4-6H,3H2,1-2H3,(H,13,14,16). The molecule has 0 bridgehead atoms. The lowest BCUT2D eigenvalue weighted by Gasteiger charge is -2.01. The SMILES string of the molecule is CCc1ccsc1C(=O)Nc1nc(C(C)=O)cs1. The van der Waals surface area contributed by atoms with Gasteiger partial charge in [0.2, 0.25) is 0 Å². The average molecular weight is 280 g/mol. The summed E-state index contributed by atoms with van der Waals surface area (Å²) in [7, 11) is 0. The molecule has 2 aromatic rings. The molecule has 0 saturated carbocycles. The number of thiophene rings is 1. The van der Waals surface area contributed by atoms with Crippen molar-refractivity contribution in [2.45, 2.75) is 20.3 Å². The summed E-state index contributed by atoms with van der Waals surface area (Å²) in [5, 5.41) is 6.73. The highest BCUT2D eigenvalue weighted by atomic mass is 32.1. The van der Waals surface area contributed by atoms with E-state index >= 15 is 0 Å². The van der Waals surface area contributed by atoms with Gasteiger partial charge >= 0.3 is 0 Å². The van der Waals surface area contributed by atoms with Crippen LogP contribution in [0.15, 0.2) is 16.8 Å². The number of nitrogens with zero attached hydrogens (tertiary/aromatic N) is 1. The van der Waals surface area contributed by atoms with Gasteiger partial charge in [-0.1, -0.05) is 6.92 Å². The smallest absolute Gasteiger partial charge is 0.267 e. The largest absolute Gasteiger partial charge is 0.297 e. The van der Waals surface area contributed by atoms with Gasteiger partial charge in [-0.05, 0) is 23.4 Å². The summed E-state index contributed by atoms with van der Waals surface area (Å²) < 4.78 is 0. The van der Waals surface area contributed by atoms with Gasteiger partial charge < -0.3 is 0 Å². The van der Waals surface area contributed by atoms with Gasteiger partial charge in [-0.2, -0.15) is 0 Å². The van der Waals surface area contributed by atoms with Gasteiger partial charge in [-0.15, -0.1) is 22.7 Å². The number of aromatic nitrogens is 1.